The Morgan fingerprint density at radius 3 is 2.28 bits per heavy atom. The van der Waals surface area contributed by atoms with Crippen molar-refractivity contribution in [2.24, 2.45) is 7.05 Å². The first kappa shape index (κ1) is 16.1. The second kappa shape index (κ2) is 5.71. The van der Waals surface area contributed by atoms with Crippen LogP contribution in [0, 0.1) is 20.2 Å². The van der Waals surface area contributed by atoms with Gasteiger partial charge in [-0.2, -0.15) is 0 Å². The van der Waals surface area contributed by atoms with Gasteiger partial charge in [-0.1, -0.05) is 18.2 Å². The van der Waals surface area contributed by atoms with Gasteiger partial charge in [0.25, 0.3) is 16.9 Å². The van der Waals surface area contributed by atoms with E-state index in [-0.39, 0.29) is 27.8 Å². The standard InChI is InChI=1S/C16H11N3O6/c1-17-15(21)8-11(10-4-2-3-5-14(10)20)12-6-9(18(22)23)7-13(16(12)17)19(24)25/h2-8,20H,1H3. The van der Waals surface area contributed by atoms with Crippen LogP contribution in [0.2, 0.25) is 0 Å². The number of phenolic OH excluding ortho intramolecular Hbond substituents is 1. The second-order valence-electron chi connectivity index (χ2n) is 5.35. The summed E-state index contributed by atoms with van der Waals surface area (Å²) >= 11 is 0. The van der Waals surface area contributed by atoms with Crippen LogP contribution < -0.4 is 5.56 Å². The van der Waals surface area contributed by atoms with Gasteiger partial charge in [-0.15, -0.1) is 0 Å². The minimum atomic E-state index is -0.774. The summed E-state index contributed by atoms with van der Waals surface area (Å²) in [7, 11) is 1.35. The maximum absolute atomic E-state index is 12.3. The van der Waals surface area contributed by atoms with E-state index < -0.39 is 26.8 Å². The number of pyridine rings is 1. The highest BCUT2D eigenvalue weighted by Crippen LogP contribution is 2.38. The lowest BCUT2D eigenvalue weighted by Gasteiger charge is -2.11. The van der Waals surface area contributed by atoms with Crippen molar-refractivity contribution in [3.63, 3.8) is 0 Å². The van der Waals surface area contributed by atoms with E-state index in [2.05, 4.69) is 0 Å². The molecule has 0 saturated carbocycles. The molecule has 3 rings (SSSR count). The van der Waals surface area contributed by atoms with Gasteiger partial charge in [-0.3, -0.25) is 25.0 Å². The molecule has 0 bridgehead atoms. The Hall–Kier alpha value is -3.75. The van der Waals surface area contributed by atoms with E-state index >= 15 is 0 Å². The zero-order valence-electron chi connectivity index (χ0n) is 12.9. The van der Waals surface area contributed by atoms with E-state index in [0.29, 0.717) is 0 Å². The van der Waals surface area contributed by atoms with Crippen molar-refractivity contribution >= 4 is 22.3 Å². The van der Waals surface area contributed by atoms with Crippen LogP contribution in [0.3, 0.4) is 0 Å². The summed E-state index contributed by atoms with van der Waals surface area (Å²) in [6.45, 7) is 0. The molecule has 3 aromatic rings. The molecule has 0 amide bonds. The molecule has 0 atom stereocenters. The highest BCUT2D eigenvalue weighted by atomic mass is 16.6. The Kier molecular flexibility index (Phi) is 3.68. The molecule has 2 aromatic carbocycles. The predicted molar refractivity (Wildman–Crippen MR) is 89.6 cm³/mol. The Morgan fingerprint density at radius 1 is 1.00 bits per heavy atom. The number of aryl methyl sites for hydroxylation is 1. The third-order valence-electron chi connectivity index (χ3n) is 3.90. The summed E-state index contributed by atoms with van der Waals surface area (Å²) in [6, 6.07) is 9.26. The lowest BCUT2D eigenvalue weighted by atomic mass is 9.99. The molecule has 0 aliphatic carbocycles. The Bertz CT molecular complexity index is 1100. The van der Waals surface area contributed by atoms with Gasteiger partial charge >= 0.3 is 0 Å². The number of benzene rings is 2. The number of hydrogen-bond acceptors (Lipinski definition) is 6. The number of aromatic nitrogens is 1. The molecule has 0 spiro atoms. The van der Waals surface area contributed by atoms with Crippen molar-refractivity contribution in [3.05, 3.63) is 73.0 Å². The number of hydrogen-bond donors (Lipinski definition) is 1. The molecular formula is C16H11N3O6. The van der Waals surface area contributed by atoms with Crippen molar-refractivity contribution in [1.82, 2.24) is 4.57 Å². The summed E-state index contributed by atoms with van der Waals surface area (Å²) in [5.41, 5.74) is -1.19. The lowest BCUT2D eigenvalue weighted by Crippen LogP contribution is -2.17. The number of nitro benzene ring substituents is 2. The van der Waals surface area contributed by atoms with Gasteiger partial charge in [-0.05, 0) is 6.07 Å². The molecular weight excluding hydrogens is 330 g/mol. The van der Waals surface area contributed by atoms with Crippen LogP contribution in [0.15, 0.2) is 47.3 Å². The van der Waals surface area contributed by atoms with Gasteiger partial charge in [0.2, 0.25) is 0 Å². The molecule has 9 nitrogen and oxygen atoms in total. The smallest absolute Gasteiger partial charge is 0.300 e. The monoisotopic (exact) mass is 341 g/mol. The van der Waals surface area contributed by atoms with Crippen LogP contribution >= 0.6 is 0 Å². The van der Waals surface area contributed by atoms with Crippen LogP contribution in [0.25, 0.3) is 22.0 Å². The molecule has 0 unspecified atom stereocenters. The fourth-order valence-electron chi connectivity index (χ4n) is 2.74. The van der Waals surface area contributed by atoms with Crippen LogP contribution in [0.1, 0.15) is 0 Å². The van der Waals surface area contributed by atoms with E-state index in [1.165, 1.54) is 25.2 Å². The number of non-ortho nitro benzene ring substituents is 2. The molecule has 0 saturated heterocycles. The van der Waals surface area contributed by atoms with Crippen molar-refractivity contribution in [2.45, 2.75) is 0 Å². The maximum Gasteiger partial charge on any atom is 0.300 e. The summed E-state index contributed by atoms with van der Waals surface area (Å²) in [4.78, 5) is 33.3. The third kappa shape index (κ3) is 2.57. The number of aromatic hydroxyl groups is 1. The molecule has 1 heterocycles. The van der Waals surface area contributed by atoms with Crippen molar-refractivity contribution < 1.29 is 15.0 Å². The van der Waals surface area contributed by atoms with E-state index in [4.69, 9.17) is 0 Å². The number of rotatable bonds is 3. The van der Waals surface area contributed by atoms with Gasteiger partial charge in [-0.25, -0.2) is 0 Å². The van der Waals surface area contributed by atoms with Gasteiger partial charge in [0.1, 0.15) is 11.3 Å². The first-order valence-electron chi connectivity index (χ1n) is 7.06. The van der Waals surface area contributed by atoms with E-state index in [1.807, 2.05) is 0 Å². The van der Waals surface area contributed by atoms with E-state index in [0.717, 1.165) is 16.7 Å². The number of nitro groups is 2. The molecule has 25 heavy (non-hydrogen) atoms. The van der Waals surface area contributed by atoms with Crippen LogP contribution in [0.5, 0.6) is 5.75 Å². The minimum Gasteiger partial charge on any atom is -0.507 e. The average Bonchev–Trinajstić information content (AvgIpc) is 2.57. The number of phenols is 1. The van der Waals surface area contributed by atoms with Crippen molar-refractivity contribution in [3.8, 4) is 16.9 Å². The highest BCUT2D eigenvalue weighted by molar-refractivity contribution is 6.01. The molecule has 1 N–H and O–H groups in total. The summed E-state index contributed by atoms with van der Waals surface area (Å²) in [5, 5.41) is 32.7. The second-order valence-corrected chi connectivity index (χ2v) is 5.35. The van der Waals surface area contributed by atoms with Crippen LogP contribution in [-0.2, 0) is 7.05 Å². The first-order valence-corrected chi connectivity index (χ1v) is 7.06. The highest BCUT2D eigenvalue weighted by Gasteiger charge is 2.24. The Balaban J connectivity index is 2.57. The maximum atomic E-state index is 12.3. The zero-order chi connectivity index (χ0) is 18.3. The van der Waals surface area contributed by atoms with Crippen molar-refractivity contribution in [2.75, 3.05) is 0 Å². The molecule has 0 radical (unpaired) electrons. The van der Waals surface area contributed by atoms with E-state index in [9.17, 15) is 30.1 Å². The first-order chi connectivity index (χ1) is 11.8. The van der Waals surface area contributed by atoms with Gasteiger partial charge in [0.05, 0.1) is 15.9 Å². The molecule has 1 aromatic heterocycles. The molecule has 0 aliphatic rings. The number of nitrogens with zero attached hydrogens (tertiary/aromatic N) is 3. The fraction of sp³-hybridized carbons (Fsp3) is 0.0625. The molecule has 126 valence electrons. The van der Waals surface area contributed by atoms with Gasteiger partial charge in [0.15, 0.2) is 0 Å². The number of para-hydroxylation sites is 1. The third-order valence-corrected chi connectivity index (χ3v) is 3.90. The van der Waals surface area contributed by atoms with Crippen LogP contribution in [0.4, 0.5) is 11.4 Å². The molecule has 9 heteroatoms. The number of fused-ring (bicyclic) bond motifs is 1. The van der Waals surface area contributed by atoms with E-state index in [1.54, 1.807) is 12.1 Å². The fourth-order valence-corrected chi connectivity index (χ4v) is 2.74. The summed E-state index contributed by atoms with van der Waals surface area (Å²) < 4.78 is 1.06. The SMILES string of the molecule is Cn1c(=O)cc(-c2ccccc2O)c2cc([N+](=O)[O-])cc([N+](=O)[O-])c21. The lowest BCUT2D eigenvalue weighted by molar-refractivity contribution is -0.393. The predicted octanol–water partition coefficient (Wildman–Crippen LogP) is 2.73. The van der Waals surface area contributed by atoms with Crippen molar-refractivity contribution in [1.29, 1.82) is 0 Å². The van der Waals surface area contributed by atoms with Gasteiger partial charge in [0, 0.05) is 35.7 Å². The summed E-state index contributed by atoms with van der Waals surface area (Å²) in [6.07, 6.45) is 0. The largest absolute Gasteiger partial charge is 0.507 e. The quantitative estimate of drug-likeness (QED) is 0.576. The molecule has 0 fully saturated rings. The minimum absolute atomic E-state index is 0.0543. The normalized spacial score (nSPS) is 10.8. The van der Waals surface area contributed by atoms with Crippen LogP contribution in [-0.4, -0.2) is 19.5 Å². The zero-order valence-corrected chi connectivity index (χ0v) is 12.9. The summed E-state index contributed by atoms with van der Waals surface area (Å²) in [5.74, 6) is -0.147. The average molecular weight is 341 g/mol. The topological polar surface area (TPSA) is 129 Å². The molecule has 0 aliphatic heterocycles. The Morgan fingerprint density at radius 2 is 1.68 bits per heavy atom. The van der Waals surface area contributed by atoms with Gasteiger partial charge < -0.3 is 9.67 Å². The Labute approximate surface area is 139 Å².